The molecule has 3 nitrogen and oxygen atoms in total. The van der Waals surface area contributed by atoms with Crippen LogP contribution >= 0.6 is 0 Å². The standard InChI is InChI=1S/C12H24N2O/c1-14-9-7-12(15,8-10-14)11(13)5-3-2-4-6-11/h15H,2-10,13H2,1H3. The van der Waals surface area contributed by atoms with Crippen LogP contribution in [0.3, 0.4) is 0 Å². The normalized spacial score (nSPS) is 31.4. The molecule has 1 saturated carbocycles. The lowest BCUT2D eigenvalue weighted by Crippen LogP contribution is -2.64. The van der Waals surface area contributed by atoms with Crippen LogP contribution in [0, 0.1) is 0 Å². The molecule has 1 aliphatic heterocycles. The van der Waals surface area contributed by atoms with Crippen LogP contribution in [0.2, 0.25) is 0 Å². The lowest BCUT2D eigenvalue weighted by atomic mass is 9.67. The van der Waals surface area contributed by atoms with Crippen molar-refractivity contribution in [3.63, 3.8) is 0 Å². The zero-order chi connectivity index (χ0) is 10.9. The Bertz CT molecular complexity index is 216. The van der Waals surface area contributed by atoms with Crippen molar-refractivity contribution in [2.75, 3.05) is 20.1 Å². The molecule has 0 amide bonds. The highest BCUT2D eigenvalue weighted by molar-refractivity contribution is 5.06. The van der Waals surface area contributed by atoms with E-state index in [9.17, 15) is 5.11 Å². The first-order valence-electron chi connectivity index (χ1n) is 6.26. The van der Waals surface area contributed by atoms with Gasteiger partial charge in [0.15, 0.2) is 0 Å². The van der Waals surface area contributed by atoms with Crippen LogP contribution in [-0.4, -0.2) is 41.3 Å². The second-order valence-electron chi connectivity index (χ2n) is 5.55. The van der Waals surface area contributed by atoms with Crippen molar-refractivity contribution in [3.05, 3.63) is 0 Å². The van der Waals surface area contributed by atoms with Crippen molar-refractivity contribution < 1.29 is 5.11 Å². The largest absolute Gasteiger partial charge is 0.388 e. The number of nitrogens with two attached hydrogens (primary N) is 1. The molecule has 1 heterocycles. The molecule has 0 radical (unpaired) electrons. The maximum absolute atomic E-state index is 10.7. The molecule has 88 valence electrons. The summed E-state index contributed by atoms with van der Waals surface area (Å²) in [7, 11) is 2.11. The van der Waals surface area contributed by atoms with E-state index in [-0.39, 0.29) is 5.54 Å². The van der Waals surface area contributed by atoms with Crippen molar-refractivity contribution >= 4 is 0 Å². The fourth-order valence-corrected chi connectivity index (χ4v) is 3.13. The summed E-state index contributed by atoms with van der Waals surface area (Å²) in [6.07, 6.45) is 7.37. The molecule has 2 rings (SSSR count). The van der Waals surface area contributed by atoms with Gasteiger partial charge in [-0.25, -0.2) is 0 Å². The van der Waals surface area contributed by atoms with Crippen molar-refractivity contribution in [2.24, 2.45) is 5.73 Å². The van der Waals surface area contributed by atoms with E-state index in [1.165, 1.54) is 19.3 Å². The van der Waals surface area contributed by atoms with Crippen LogP contribution in [0.1, 0.15) is 44.9 Å². The maximum Gasteiger partial charge on any atom is 0.0850 e. The van der Waals surface area contributed by atoms with E-state index in [1.54, 1.807) is 0 Å². The zero-order valence-corrected chi connectivity index (χ0v) is 9.84. The third kappa shape index (κ3) is 2.05. The zero-order valence-electron chi connectivity index (χ0n) is 9.84. The van der Waals surface area contributed by atoms with E-state index in [1.807, 2.05) is 0 Å². The predicted molar refractivity (Wildman–Crippen MR) is 61.7 cm³/mol. The highest BCUT2D eigenvalue weighted by Gasteiger charge is 2.48. The fourth-order valence-electron chi connectivity index (χ4n) is 3.13. The molecule has 0 aromatic heterocycles. The number of hydrogen-bond donors (Lipinski definition) is 2. The Labute approximate surface area is 92.6 Å². The molecule has 0 aromatic carbocycles. The number of likely N-dealkylation sites (tertiary alicyclic amines) is 1. The molecular weight excluding hydrogens is 188 g/mol. The Morgan fingerprint density at radius 2 is 1.53 bits per heavy atom. The highest BCUT2D eigenvalue weighted by atomic mass is 16.3. The van der Waals surface area contributed by atoms with Gasteiger partial charge in [-0.15, -0.1) is 0 Å². The molecule has 2 fully saturated rings. The van der Waals surface area contributed by atoms with Crippen LogP contribution in [0.5, 0.6) is 0 Å². The van der Waals surface area contributed by atoms with E-state index in [2.05, 4.69) is 11.9 Å². The second-order valence-corrected chi connectivity index (χ2v) is 5.55. The van der Waals surface area contributed by atoms with Crippen molar-refractivity contribution in [2.45, 2.75) is 56.1 Å². The van der Waals surface area contributed by atoms with Gasteiger partial charge in [0.2, 0.25) is 0 Å². The summed E-state index contributed by atoms with van der Waals surface area (Å²) >= 11 is 0. The van der Waals surface area contributed by atoms with Gasteiger partial charge in [-0.1, -0.05) is 19.3 Å². The Kier molecular flexibility index (Phi) is 3.06. The van der Waals surface area contributed by atoms with Crippen molar-refractivity contribution in [3.8, 4) is 0 Å². The molecule has 3 heteroatoms. The fraction of sp³-hybridized carbons (Fsp3) is 1.00. The maximum atomic E-state index is 10.7. The van der Waals surface area contributed by atoms with Crippen molar-refractivity contribution in [1.82, 2.24) is 4.90 Å². The number of hydrogen-bond acceptors (Lipinski definition) is 3. The summed E-state index contributed by atoms with van der Waals surface area (Å²) in [5.74, 6) is 0. The first-order valence-corrected chi connectivity index (χ1v) is 6.26. The molecule has 15 heavy (non-hydrogen) atoms. The van der Waals surface area contributed by atoms with E-state index >= 15 is 0 Å². The van der Waals surface area contributed by atoms with E-state index < -0.39 is 5.60 Å². The van der Waals surface area contributed by atoms with Gasteiger partial charge in [0, 0.05) is 18.6 Å². The molecule has 0 atom stereocenters. The average Bonchev–Trinajstić information content (AvgIpc) is 2.24. The van der Waals surface area contributed by atoms with E-state index in [0.29, 0.717) is 0 Å². The quantitative estimate of drug-likeness (QED) is 0.684. The first-order chi connectivity index (χ1) is 7.06. The Balaban J connectivity index is 2.06. The number of aliphatic hydroxyl groups is 1. The molecule has 1 aliphatic carbocycles. The summed E-state index contributed by atoms with van der Waals surface area (Å²) < 4.78 is 0. The molecular formula is C12H24N2O. The first kappa shape index (κ1) is 11.4. The van der Waals surface area contributed by atoms with Gasteiger partial charge in [0.25, 0.3) is 0 Å². The summed E-state index contributed by atoms with van der Waals surface area (Å²) in [6.45, 7) is 1.96. The summed E-state index contributed by atoms with van der Waals surface area (Å²) in [4.78, 5) is 2.28. The minimum absolute atomic E-state index is 0.299. The summed E-state index contributed by atoms with van der Waals surface area (Å²) in [6, 6.07) is 0. The average molecular weight is 212 g/mol. The summed E-state index contributed by atoms with van der Waals surface area (Å²) in [5.41, 5.74) is 5.55. The van der Waals surface area contributed by atoms with Gasteiger partial charge in [0.05, 0.1) is 5.60 Å². The number of nitrogens with zero attached hydrogens (tertiary/aromatic N) is 1. The predicted octanol–water partition coefficient (Wildman–Crippen LogP) is 1.10. The second kappa shape index (κ2) is 4.04. The Morgan fingerprint density at radius 3 is 2.07 bits per heavy atom. The van der Waals surface area contributed by atoms with E-state index in [4.69, 9.17) is 5.73 Å². The smallest absolute Gasteiger partial charge is 0.0850 e. The SMILES string of the molecule is CN1CCC(O)(C2(N)CCCCC2)CC1. The van der Waals surface area contributed by atoms with Crippen LogP contribution in [-0.2, 0) is 0 Å². The Morgan fingerprint density at radius 1 is 1.00 bits per heavy atom. The van der Waals surface area contributed by atoms with E-state index in [0.717, 1.165) is 38.8 Å². The Hall–Kier alpha value is -0.120. The lowest BCUT2D eigenvalue weighted by molar-refractivity contribution is -0.0888. The summed E-state index contributed by atoms with van der Waals surface area (Å²) in [5, 5.41) is 10.7. The van der Waals surface area contributed by atoms with Crippen LogP contribution < -0.4 is 5.73 Å². The van der Waals surface area contributed by atoms with Crippen LogP contribution in [0.25, 0.3) is 0 Å². The number of piperidine rings is 1. The molecule has 3 N–H and O–H groups in total. The molecule has 2 aliphatic rings. The van der Waals surface area contributed by atoms with Crippen LogP contribution in [0.4, 0.5) is 0 Å². The van der Waals surface area contributed by atoms with Gasteiger partial charge >= 0.3 is 0 Å². The minimum atomic E-state index is -0.597. The lowest BCUT2D eigenvalue weighted by Gasteiger charge is -2.50. The highest BCUT2D eigenvalue weighted by Crippen LogP contribution is 2.40. The molecule has 0 unspecified atom stereocenters. The topological polar surface area (TPSA) is 49.5 Å². The molecule has 0 aromatic rings. The van der Waals surface area contributed by atoms with Crippen molar-refractivity contribution in [1.29, 1.82) is 0 Å². The van der Waals surface area contributed by atoms with Gasteiger partial charge < -0.3 is 15.7 Å². The van der Waals surface area contributed by atoms with Gasteiger partial charge in [0.1, 0.15) is 0 Å². The minimum Gasteiger partial charge on any atom is -0.388 e. The third-order valence-corrected chi connectivity index (χ3v) is 4.49. The van der Waals surface area contributed by atoms with Gasteiger partial charge in [-0.2, -0.15) is 0 Å². The molecule has 1 saturated heterocycles. The van der Waals surface area contributed by atoms with Gasteiger partial charge in [-0.3, -0.25) is 0 Å². The monoisotopic (exact) mass is 212 g/mol. The molecule has 0 spiro atoms. The molecule has 0 bridgehead atoms. The number of rotatable bonds is 1. The van der Waals surface area contributed by atoms with Gasteiger partial charge in [-0.05, 0) is 32.7 Å². The van der Waals surface area contributed by atoms with Crippen LogP contribution in [0.15, 0.2) is 0 Å². The third-order valence-electron chi connectivity index (χ3n) is 4.49.